The molecule has 1 aromatic carbocycles. The number of amides is 1. The van der Waals surface area contributed by atoms with Gasteiger partial charge in [0.15, 0.2) is 6.10 Å². The number of nitrogens with two attached hydrogens (primary N) is 1. The number of benzene rings is 1. The summed E-state index contributed by atoms with van der Waals surface area (Å²) in [5.74, 6) is -2.86. The number of carbonyl (C=O) groups is 2. The molecule has 164 valence electrons. The molecule has 3 unspecified atom stereocenters. The van der Waals surface area contributed by atoms with E-state index in [1.807, 2.05) is 44.2 Å². The fourth-order valence-electron chi connectivity index (χ4n) is 2.83. The predicted molar refractivity (Wildman–Crippen MR) is 111 cm³/mol. The molecule has 9 heteroatoms. The first kappa shape index (κ1) is 25.3. The molecule has 8 nitrogen and oxygen atoms in total. The van der Waals surface area contributed by atoms with Crippen molar-refractivity contribution in [2.45, 2.75) is 64.3 Å². The van der Waals surface area contributed by atoms with Gasteiger partial charge >= 0.3 is 13.6 Å². The largest absolute Gasteiger partial charge is 0.479 e. The third-order valence-corrected chi connectivity index (χ3v) is 6.06. The first-order chi connectivity index (χ1) is 13.7. The Morgan fingerprint density at radius 2 is 1.86 bits per heavy atom. The maximum absolute atomic E-state index is 12.8. The molecule has 0 bridgehead atoms. The summed E-state index contributed by atoms with van der Waals surface area (Å²) in [6.07, 6.45) is 0.549. The molecule has 5 N–H and O–H groups in total. The van der Waals surface area contributed by atoms with E-state index in [-0.39, 0.29) is 31.1 Å². The van der Waals surface area contributed by atoms with Crippen LogP contribution < -0.4 is 11.1 Å². The number of unbranched alkanes of at least 4 members (excludes halogenated alkanes) is 1. The number of hydrogen-bond acceptors (Lipinski definition) is 5. The van der Waals surface area contributed by atoms with Gasteiger partial charge in [-0.25, -0.2) is 4.79 Å². The van der Waals surface area contributed by atoms with Crippen LogP contribution in [0.3, 0.4) is 0 Å². The molecule has 0 aliphatic heterocycles. The topological polar surface area (TPSA) is 139 Å². The molecule has 0 aliphatic rings. The highest BCUT2D eigenvalue weighted by atomic mass is 31.2. The Balaban J connectivity index is 2.77. The van der Waals surface area contributed by atoms with E-state index in [1.54, 1.807) is 0 Å². The van der Waals surface area contributed by atoms with Crippen LogP contribution in [0.4, 0.5) is 0 Å². The van der Waals surface area contributed by atoms with E-state index < -0.39 is 25.5 Å². The summed E-state index contributed by atoms with van der Waals surface area (Å²) in [4.78, 5) is 34.2. The molecule has 1 amide bonds. The highest BCUT2D eigenvalue weighted by Crippen LogP contribution is 2.50. The van der Waals surface area contributed by atoms with Crippen LogP contribution in [0.15, 0.2) is 30.3 Å². The van der Waals surface area contributed by atoms with Crippen molar-refractivity contribution in [2.75, 3.05) is 6.54 Å². The van der Waals surface area contributed by atoms with E-state index >= 15 is 0 Å². The van der Waals surface area contributed by atoms with E-state index in [9.17, 15) is 24.2 Å². The van der Waals surface area contributed by atoms with Crippen molar-refractivity contribution in [3.8, 4) is 0 Å². The smallest absolute Gasteiger partial charge is 0.351 e. The second-order valence-electron chi connectivity index (χ2n) is 7.48. The molecule has 29 heavy (non-hydrogen) atoms. The normalized spacial score (nSPS) is 15.5. The van der Waals surface area contributed by atoms with Crippen LogP contribution in [-0.2, 0) is 25.1 Å². The van der Waals surface area contributed by atoms with E-state index in [4.69, 9.17) is 10.3 Å². The fraction of sp³-hybridized carbons (Fsp3) is 0.600. The van der Waals surface area contributed by atoms with Crippen molar-refractivity contribution in [1.82, 2.24) is 5.32 Å². The van der Waals surface area contributed by atoms with Crippen molar-refractivity contribution in [2.24, 2.45) is 11.7 Å². The Kier molecular flexibility index (Phi) is 11.1. The standard InChI is InChI=1S/C20H33N2O6P/c1-15(2)14-19(22-18(23)12-11-16-8-4-3-5-9-16)29(26,27)28-17(20(24)25)10-6-7-13-21/h3-5,8-9,15,17,19H,6-7,10-14,21H2,1-2H3,(H,22,23)(H,24,25)(H,26,27). The van der Waals surface area contributed by atoms with Gasteiger partial charge in [-0.05, 0) is 50.1 Å². The maximum Gasteiger partial charge on any atom is 0.351 e. The first-order valence-electron chi connectivity index (χ1n) is 9.92. The molecule has 1 rings (SSSR count). The number of carboxylic acid groups (broad SMARTS) is 1. The van der Waals surface area contributed by atoms with Gasteiger partial charge in [-0.15, -0.1) is 0 Å². The monoisotopic (exact) mass is 428 g/mol. The molecular weight excluding hydrogens is 395 g/mol. The molecule has 0 aromatic heterocycles. The SMILES string of the molecule is CC(C)CC(NC(=O)CCc1ccccc1)P(=O)(O)OC(CCCCN)C(=O)O. The summed E-state index contributed by atoms with van der Waals surface area (Å²) in [7, 11) is -4.41. The van der Waals surface area contributed by atoms with E-state index in [1.165, 1.54) is 0 Å². The highest BCUT2D eigenvalue weighted by Gasteiger charge is 2.38. The summed E-state index contributed by atoms with van der Waals surface area (Å²) < 4.78 is 18.0. The summed E-state index contributed by atoms with van der Waals surface area (Å²) in [6, 6.07) is 9.44. The first-order valence-corrected chi connectivity index (χ1v) is 11.6. The van der Waals surface area contributed by atoms with Crippen LogP contribution in [0.5, 0.6) is 0 Å². The lowest BCUT2D eigenvalue weighted by molar-refractivity contribution is -0.145. The Labute approximate surface area is 172 Å². The number of nitrogens with one attached hydrogen (secondary N) is 1. The lowest BCUT2D eigenvalue weighted by atomic mass is 10.1. The zero-order valence-corrected chi connectivity index (χ0v) is 18.0. The molecule has 0 spiro atoms. The van der Waals surface area contributed by atoms with Gasteiger partial charge in [-0.1, -0.05) is 44.2 Å². The average Bonchev–Trinajstić information content (AvgIpc) is 2.65. The van der Waals surface area contributed by atoms with Gasteiger partial charge in [0.05, 0.1) is 0 Å². The van der Waals surface area contributed by atoms with E-state index in [2.05, 4.69) is 5.32 Å². The summed E-state index contributed by atoms with van der Waals surface area (Å²) in [5.41, 5.74) is 6.39. The molecule has 0 heterocycles. The number of carbonyl (C=O) groups excluding carboxylic acids is 1. The minimum Gasteiger partial charge on any atom is -0.479 e. The highest BCUT2D eigenvalue weighted by molar-refractivity contribution is 7.53. The Hall–Kier alpha value is -1.73. The third-order valence-electron chi connectivity index (χ3n) is 4.37. The number of aliphatic carboxylic acids is 1. The van der Waals surface area contributed by atoms with Gasteiger partial charge in [0.1, 0.15) is 5.78 Å². The lowest BCUT2D eigenvalue weighted by Crippen LogP contribution is -2.38. The molecule has 3 atom stereocenters. The summed E-state index contributed by atoms with van der Waals surface area (Å²) in [5, 5.41) is 11.9. The van der Waals surface area contributed by atoms with Gasteiger partial charge < -0.3 is 21.1 Å². The minimum absolute atomic E-state index is 0.000911. The Morgan fingerprint density at radius 1 is 1.21 bits per heavy atom. The van der Waals surface area contributed by atoms with Gasteiger partial charge in [0.2, 0.25) is 5.91 Å². The van der Waals surface area contributed by atoms with Crippen molar-refractivity contribution < 1.29 is 28.7 Å². The minimum atomic E-state index is -4.41. The van der Waals surface area contributed by atoms with Crippen LogP contribution in [-0.4, -0.2) is 40.3 Å². The second kappa shape index (κ2) is 12.8. The van der Waals surface area contributed by atoms with E-state index in [0.717, 1.165) is 5.56 Å². The quantitative estimate of drug-likeness (QED) is 0.264. The summed E-state index contributed by atoms with van der Waals surface area (Å²) >= 11 is 0. The van der Waals surface area contributed by atoms with Crippen molar-refractivity contribution in [3.63, 3.8) is 0 Å². The van der Waals surface area contributed by atoms with Crippen molar-refractivity contribution >= 4 is 19.5 Å². The summed E-state index contributed by atoms with van der Waals surface area (Å²) in [6.45, 7) is 4.09. The maximum atomic E-state index is 12.8. The molecular formula is C20H33N2O6P. The third kappa shape index (κ3) is 10.0. The lowest BCUT2D eigenvalue weighted by Gasteiger charge is -2.27. The average molecular weight is 428 g/mol. The van der Waals surface area contributed by atoms with Gasteiger partial charge in [0.25, 0.3) is 0 Å². The number of hydrogen-bond donors (Lipinski definition) is 4. The zero-order valence-electron chi connectivity index (χ0n) is 17.1. The van der Waals surface area contributed by atoms with Crippen LogP contribution in [0.25, 0.3) is 0 Å². The number of aryl methyl sites for hydroxylation is 1. The predicted octanol–water partition coefficient (Wildman–Crippen LogP) is 2.89. The van der Waals surface area contributed by atoms with Gasteiger partial charge in [0, 0.05) is 6.42 Å². The second-order valence-corrected chi connectivity index (χ2v) is 9.44. The van der Waals surface area contributed by atoms with Crippen molar-refractivity contribution in [3.05, 3.63) is 35.9 Å². The molecule has 0 radical (unpaired) electrons. The fourth-order valence-corrected chi connectivity index (χ4v) is 4.53. The van der Waals surface area contributed by atoms with E-state index in [0.29, 0.717) is 25.8 Å². The Bertz CT molecular complexity index is 683. The van der Waals surface area contributed by atoms with Crippen LogP contribution in [0.1, 0.15) is 51.5 Å². The molecule has 0 aliphatic carbocycles. The molecule has 0 fully saturated rings. The molecule has 0 saturated heterocycles. The zero-order chi connectivity index (χ0) is 21.9. The van der Waals surface area contributed by atoms with Crippen LogP contribution >= 0.6 is 7.60 Å². The van der Waals surface area contributed by atoms with Crippen molar-refractivity contribution in [1.29, 1.82) is 0 Å². The van der Waals surface area contributed by atoms with Gasteiger partial charge in [-0.3, -0.25) is 13.9 Å². The molecule has 0 saturated carbocycles. The van der Waals surface area contributed by atoms with Crippen LogP contribution in [0.2, 0.25) is 0 Å². The van der Waals surface area contributed by atoms with Crippen LogP contribution in [0, 0.1) is 5.92 Å². The van der Waals surface area contributed by atoms with Gasteiger partial charge in [-0.2, -0.15) is 0 Å². The number of rotatable bonds is 14. The molecule has 1 aromatic rings. The number of carboxylic acids is 1. The Morgan fingerprint density at radius 3 is 2.41 bits per heavy atom.